The Morgan fingerprint density at radius 3 is 0.765 bits per heavy atom. The number of carbonyl (C=O) groups is 8. The summed E-state index contributed by atoms with van der Waals surface area (Å²) < 4.78 is 113. The van der Waals surface area contributed by atoms with Gasteiger partial charge in [-0.3, -0.25) is 57.7 Å². The molecule has 36 heteroatoms. The minimum Gasteiger partial charge on any atom is -0.381 e. The van der Waals surface area contributed by atoms with Gasteiger partial charge in [0, 0.05) is 104 Å². The van der Waals surface area contributed by atoms with Gasteiger partial charge in [-0.25, -0.2) is 55.6 Å². The molecule has 8 heterocycles. The Balaban J connectivity index is 0.000000246. The predicted molar refractivity (Wildman–Crippen MR) is 523 cm³/mol. The molecular weight excluding hydrogens is 1820 g/mol. The Bertz CT molecular complexity index is 4910. The van der Waals surface area contributed by atoms with E-state index in [1.54, 1.807) is 48.5 Å². The summed E-state index contributed by atoms with van der Waals surface area (Å²) in [5, 5.41) is 0. The molecule has 8 amide bonds. The molecule has 8 aliphatic heterocycles. The van der Waals surface area contributed by atoms with E-state index >= 15 is 0 Å². The monoisotopic (exact) mass is 1980 g/mol. The zero-order chi connectivity index (χ0) is 97.3. The van der Waals surface area contributed by atoms with E-state index in [0.29, 0.717) is 75.5 Å². The SMILES string of the molecule is C.C.CCCC(=O)N1CCC(CCc2ccc(S(=O)(=O)C3(C(=O)NOC)CCN(C)CC3)cc2)CC1.CCCC(=O)N1CCC(CCc2ccc(S(=O)(=O)C3(C(=O)NOC)CCOCC3)cc2)CC1.CCCC(=O)N1CCCC(CCc2ccc(S(=O)(=O)C3(C(=O)NOC)CCN(C)CC3)cc2)C1.CCCC(=O)N1CCCC(CCc2ccc(S(=O)(=O)C3(C(=O)NOC)CCOCC3)cc2)C1. The van der Waals surface area contributed by atoms with Crippen molar-refractivity contribution in [2.24, 2.45) is 23.7 Å². The third-order valence-electron chi connectivity index (χ3n) is 28.5. The fraction of sp³-hybridized carbons (Fsp3) is 0.680. The van der Waals surface area contributed by atoms with E-state index in [4.69, 9.17) is 28.8 Å². The molecular formula is C100H158N10O22S4. The van der Waals surface area contributed by atoms with Crippen molar-refractivity contribution >= 4 is 86.6 Å². The molecule has 0 spiro atoms. The molecule has 8 fully saturated rings. The van der Waals surface area contributed by atoms with Crippen LogP contribution in [0, 0.1) is 23.7 Å². The molecule has 0 bridgehead atoms. The second-order valence-corrected chi connectivity index (χ2v) is 46.5. The summed E-state index contributed by atoms with van der Waals surface area (Å²) in [6, 6.07) is 27.7. The Kier molecular flexibility index (Phi) is 46.4. The Morgan fingerprint density at radius 1 is 0.316 bits per heavy atom. The van der Waals surface area contributed by atoms with E-state index in [0.717, 1.165) is 203 Å². The van der Waals surface area contributed by atoms with Gasteiger partial charge in [-0.15, -0.1) is 0 Å². The molecule has 2 atom stereocenters. The number of hydroxylamine groups is 4. The van der Waals surface area contributed by atoms with Crippen molar-refractivity contribution in [1.29, 1.82) is 0 Å². The molecule has 4 aromatic carbocycles. The molecule has 0 aliphatic carbocycles. The zero-order valence-corrected chi connectivity index (χ0v) is 84.1. The van der Waals surface area contributed by atoms with Crippen molar-refractivity contribution in [2.45, 2.75) is 287 Å². The van der Waals surface area contributed by atoms with Gasteiger partial charge in [0.05, 0.1) is 48.0 Å². The summed E-state index contributed by atoms with van der Waals surface area (Å²) >= 11 is 0. The van der Waals surface area contributed by atoms with Crippen molar-refractivity contribution in [2.75, 3.05) is 147 Å². The number of aryl methyl sites for hydroxylation is 4. The van der Waals surface area contributed by atoms with Gasteiger partial charge in [-0.05, 0) is 315 Å². The number of rotatable bonds is 36. The summed E-state index contributed by atoms with van der Waals surface area (Å²) in [5.74, 6) is 0.591. The molecule has 12 rings (SSSR count). The minimum atomic E-state index is -3.94. The van der Waals surface area contributed by atoms with Crippen LogP contribution in [0.15, 0.2) is 117 Å². The van der Waals surface area contributed by atoms with Crippen LogP contribution in [-0.4, -0.2) is 277 Å². The van der Waals surface area contributed by atoms with Gasteiger partial charge < -0.3 is 38.9 Å². The van der Waals surface area contributed by atoms with Crippen LogP contribution in [0.4, 0.5) is 0 Å². The maximum atomic E-state index is 13.6. The first-order valence-corrected chi connectivity index (χ1v) is 54.4. The number of hydrogen-bond donors (Lipinski definition) is 4. The van der Waals surface area contributed by atoms with Crippen LogP contribution >= 0.6 is 0 Å². The van der Waals surface area contributed by atoms with Crippen LogP contribution < -0.4 is 21.9 Å². The zero-order valence-electron chi connectivity index (χ0n) is 80.8. The molecule has 0 aromatic heterocycles. The Hall–Kier alpha value is -7.88. The van der Waals surface area contributed by atoms with Crippen LogP contribution in [0.2, 0.25) is 0 Å². The number of hydrogen-bond acceptors (Lipinski definition) is 24. The summed E-state index contributed by atoms with van der Waals surface area (Å²) in [5.41, 5.74) is 13.2. The molecule has 4 aromatic rings. The first-order chi connectivity index (χ1) is 64.1. The molecule has 2 unspecified atom stereocenters. The smallest absolute Gasteiger partial charge is 0.265 e. The van der Waals surface area contributed by atoms with E-state index in [1.807, 2.05) is 120 Å². The number of nitrogens with one attached hydrogen (secondary N) is 4. The highest BCUT2D eigenvalue weighted by atomic mass is 32.2. The number of benzene rings is 4. The van der Waals surface area contributed by atoms with Crippen LogP contribution in [0.1, 0.15) is 245 Å². The standard InChI is InChI=1S/2C25H39N3O5S.2C24H36N2O6S.2CH4/c1-4-6-23(29)28-16-5-7-21(19-28)9-8-20-10-12-22(13-11-20)34(31,32)25(24(30)26-33-3)14-17-27(2)18-15-25;1-4-5-23(29)28-16-12-21(13-17-28)7-6-20-8-10-22(11-9-20)34(31,32)25(24(30)26-33-3)14-18-27(2)19-15-25;1-3-5-22(27)26-15-4-6-20(18-26)8-7-19-9-11-21(12-10-19)33(29,30)24(23(28)25-31-2)13-16-32-17-14-24;1-3-4-22(27)26-15-11-20(12-16-26)6-5-19-7-9-21(10-8-19)33(29,30)24(23(28)25-31-2)13-17-32-18-14-24;;/h10-13,21H,4-9,14-19H2,1-3H3,(H,26,30);8-11,21H,4-7,12-19H2,1-3H3,(H,26,30);9-12,20H,3-8,13-18H2,1-2H3,(H,25,28);7-10,20H,3-6,11-18H2,1-2H3,(H,25,28);2*1H4. The van der Waals surface area contributed by atoms with Gasteiger partial charge in [0.15, 0.2) is 58.3 Å². The van der Waals surface area contributed by atoms with E-state index in [1.165, 1.54) is 28.4 Å². The highest BCUT2D eigenvalue weighted by molar-refractivity contribution is 7.94. The molecule has 32 nitrogen and oxygen atoms in total. The van der Waals surface area contributed by atoms with Crippen LogP contribution in [-0.2, 0) is 132 Å². The molecule has 0 saturated carbocycles. The fourth-order valence-electron chi connectivity index (χ4n) is 19.8. The van der Waals surface area contributed by atoms with Crippen LogP contribution in [0.5, 0.6) is 0 Å². The van der Waals surface area contributed by atoms with Gasteiger partial charge in [-0.2, -0.15) is 0 Å². The lowest BCUT2D eigenvalue weighted by Gasteiger charge is -2.38. The number of nitrogens with zero attached hydrogens (tertiary/aromatic N) is 6. The van der Waals surface area contributed by atoms with Crippen LogP contribution in [0.3, 0.4) is 0 Å². The Morgan fingerprint density at radius 2 is 0.537 bits per heavy atom. The Labute approximate surface area is 810 Å². The van der Waals surface area contributed by atoms with Crippen molar-refractivity contribution in [3.63, 3.8) is 0 Å². The van der Waals surface area contributed by atoms with Gasteiger partial charge in [0.25, 0.3) is 23.6 Å². The third kappa shape index (κ3) is 29.2. The minimum absolute atomic E-state index is 0. The van der Waals surface area contributed by atoms with Crippen molar-refractivity contribution in [3.05, 3.63) is 119 Å². The number of likely N-dealkylation sites (tertiary alicyclic amines) is 6. The molecule has 764 valence electrons. The lowest BCUT2D eigenvalue weighted by atomic mass is 9.90. The van der Waals surface area contributed by atoms with E-state index < -0.39 is 82.0 Å². The lowest BCUT2D eigenvalue weighted by Crippen LogP contribution is -2.57. The largest absolute Gasteiger partial charge is 0.381 e. The number of carbonyl (C=O) groups excluding carboxylic acids is 8. The number of sulfone groups is 4. The highest BCUT2D eigenvalue weighted by Gasteiger charge is 2.57. The average Bonchev–Trinajstić information content (AvgIpc) is 0.753. The van der Waals surface area contributed by atoms with Gasteiger partial charge >= 0.3 is 0 Å². The lowest BCUT2D eigenvalue weighted by molar-refractivity contribution is -0.137. The first kappa shape index (κ1) is 115. The van der Waals surface area contributed by atoms with E-state index in [9.17, 15) is 72.0 Å². The average molecular weight is 1980 g/mol. The maximum absolute atomic E-state index is 13.6. The van der Waals surface area contributed by atoms with Gasteiger partial charge in [-0.1, -0.05) is 91.1 Å². The molecule has 136 heavy (non-hydrogen) atoms. The number of ether oxygens (including phenoxy) is 2. The maximum Gasteiger partial charge on any atom is 0.265 e. The van der Waals surface area contributed by atoms with E-state index in [-0.39, 0.29) is 136 Å². The van der Waals surface area contributed by atoms with Crippen LogP contribution in [0.25, 0.3) is 0 Å². The number of amides is 8. The normalized spacial score (nSPS) is 20.0. The fourth-order valence-corrected chi connectivity index (χ4v) is 27.6. The van der Waals surface area contributed by atoms with Crippen molar-refractivity contribution < 1.29 is 101 Å². The van der Waals surface area contributed by atoms with Gasteiger partial charge in [0.1, 0.15) is 0 Å². The quantitative estimate of drug-likeness (QED) is 0.0307. The summed E-state index contributed by atoms with van der Waals surface area (Å²) in [6.07, 6.45) is 23.0. The second-order valence-electron chi connectivity index (χ2n) is 37.4. The predicted octanol–water partition coefficient (Wildman–Crippen LogP) is 11.7. The molecule has 8 saturated heterocycles. The number of piperidine rings is 6. The second kappa shape index (κ2) is 54.8. The highest BCUT2D eigenvalue weighted by Crippen LogP contribution is 2.42. The summed E-state index contributed by atoms with van der Waals surface area (Å²) in [7, 11) is -6.61. The topological polar surface area (TPSA) is 396 Å². The molecule has 4 N–H and O–H groups in total. The molecule has 0 radical (unpaired) electrons. The summed E-state index contributed by atoms with van der Waals surface area (Å²) in [4.78, 5) is 131. The van der Waals surface area contributed by atoms with E-state index in [2.05, 4.69) is 21.9 Å². The summed E-state index contributed by atoms with van der Waals surface area (Å²) in [6.45, 7) is 17.7. The molecule has 8 aliphatic rings. The third-order valence-corrected chi connectivity index (χ3v) is 38.6. The van der Waals surface area contributed by atoms with Crippen molar-refractivity contribution in [3.8, 4) is 0 Å². The van der Waals surface area contributed by atoms with Crippen molar-refractivity contribution in [1.82, 2.24) is 51.3 Å². The van der Waals surface area contributed by atoms with Gasteiger partial charge in [0.2, 0.25) is 23.6 Å². The first-order valence-electron chi connectivity index (χ1n) is 48.5.